The van der Waals surface area contributed by atoms with Crippen LogP contribution in [0.1, 0.15) is 36.8 Å². The summed E-state index contributed by atoms with van der Waals surface area (Å²) in [5, 5.41) is 12.6. The molecular weight excluding hydrogens is 418 g/mol. The van der Waals surface area contributed by atoms with Gasteiger partial charge in [0.15, 0.2) is 5.52 Å². The minimum Gasteiger partial charge on any atom is -0.494 e. The summed E-state index contributed by atoms with van der Waals surface area (Å²) in [6.45, 7) is 8.27. The SMILES string of the molecule is CCOc1ccc(CNC(=O)[C@H](C)n2nc(C)c3c(C)n(-c4ccccc4)nc3c2=O)cc1. The Morgan fingerprint density at radius 2 is 1.76 bits per heavy atom. The molecule has 4 rings (SSSR count). The van der Waals surface area contributed by atoms with Gasteiger partial charge in [0.05, 0.1) is 29.1 Å². The highest BCUT2D eigenvalue weighted by molar-refractivity contribution is 5.84. The van der Waals surface area contributed by atoms with Crippen LogP contribution in [-0.4, -0.2) is 32.1 Å². The average Bonchev–Trinajstić information content (AvgIpc) is 3.19. The third kappa shape index (κ3) is 4.37. The maximum Gasteiger partial charge on any atom is 0.295 e. The van der Waals surface area contributed by atoms with Crippen LogP contribution in [0.25, 0.3) is 16.6 Å². The lowest BCUT2D eigenvalue weighted by Gasteiger charge is -2.15. The van der Waals surface area contributed by atoms with Crippen molar-refractivity contribution in [1.29, 1.82) is 0 Å². The molecule has 8 heteroatoms. The van der Waals surface area contributed by atoms with E-state index in [1.165, 1.54) is 4.68 Å². The van der Waals surface area contributed by atoms with E-state index in [9.17, 15) is 9.59 Å². The van der Waals surface area contributed by atoms with E-state index in [4.69, 9.17) is 4.74 Å². The largest absolute Gasteiger partial charge is 0.494 e. The molecule has 0 bridgehead atoms. The molecule has 4 aromatic rings. The quantitative estimate of drug-likeness (QED) is 0.470. The molecule has 33 heavy (non-hydrogen) atoms. The van der Waals surface area contributed by atoms with Crippen molar-refractivity contribution in [2.24, 2.45) is 0 Å². The van der Waals surface area contributed by atoms with Crippen molar-refractivity contribution in [3.05, 3.63) is 81.9 Å². The zero-order valence-corrected chi connectivity index (χ0v) is 19.2. The van der Waals surface area contributed by atoms with Gasteiger partial charge < -0.3 is 10.1 Å². The molecule has 0 fully saturated rings. The smallest absolute Gasteiger partial charge is 0.295 e. The Morgan fingerprint density at radius 3 is 2.42 bits per heavy atom. The first-order valence-electron chi connectivity index (χ1n) is 10.9. The van der Waals surface area contributed by atoms with Gasteiger partial charge in [-0.15, -0.1) is 0 Å². The molecule has 0 radical (unpaired) electrons. The lowest BCUT2D eigenvalue weighted by molar-refractivity contribution is -0.124. The van der Waals surface area contributed by atoms with Crippen LogP contribution >= 0.6 is 0 Å². The number of nitrogens with zero attached hydrogens (tertiary/aromatic N) is 4. The second-order valence-electron chi connectivity index (χ2n) is 7.86. The van der Waals surface area contributed by atoms with Crippen molar-refractivity contribution in [3.8, 4) is 11.4 Å². The Morgan fingerprint density at radius 1 is 1.06 bits per heavy atom. The molecule has 8 nitrogen and oxygen atoms in total. The summed E-state index contributed by atoms with van der Waals surface area (Å²) in [5.74, 6) is 0.488. The highest BCUT2D eigenvalue weighted by Crippen LogP contribution is 2.21. The topological polar surface area (TPSA) is 91.0 Å². The highest BCUT2D eigenvalue weighted by Gasteiger charge is 2.23. The Kier molecular flexibility index (Phi) is 6.26. The molecule has 1 N–H and O–H groups in total. The van der Waals surface area contributed by atoms with Crippen LogP contribution in [0.4, 0.5) is 0 Å². The van der Waals surface area contributed by atoms with Crippen LogP contribution in [0.15, 0.2) is 59.4 Å². The number of aromatic nitrogens is 4. The van der Waals surface area contributed by atoms with Gasteiger partial charge in [0, 0.05) is 6.54 Å². The van der Waals surface area contributed by atoms with Gasteiger partial charge in [-0.3, -0.25) is 9.59 Å². The molecule has 1 atom stereocenters. The van der Waals surface area contributed by atoms with Crippen molar-refractivity contribution in [3.63, 3.8) is 0 Å². The number of hydrogen-bond acceptors (Lipinski definition) is 5. The van der Waals surface area contributed by atoms with Gasteiger partial charge in [0.2, 0.25) is 5.91 Å². The lowest BCUT2D eigenvalue weighted by Crippen LogP contribution is -2.37. The summed E-state index contributed by atoms with van der Waals surface area (Å²) in [6, 6.07) is 16.4. The van der Waals surface area contributed by atoms with E-state index < -0.39 is 11.6 Å². The zero-order valence-electron chi connectivity index (χ0n) is 19.2. The first kappa shape index (κ1) is 22.3. The van der Waals surface area contributed by atoms with Crippen molar-refractivity contribution in [1.82, 2.24) is 24.9 Å². The first-order chi connectivity index (χ1) is 15.9. The molecule has 170 valence electrons. The molecule has 2 aromatic carbocycles. The van der Waals surface area contributed by atoms with Gasteiger partial charge in [-0.2, -0.15) is 10.2 Å². The maximum atomic E-state index is 13.2. The fourth-order valence-electron chi connectivity index (χ4n) is 3.85. The second-order valence-corrected chi connectivity index (χ2v) is 7.86. The van der Waals surface area contributed by atoms with E-state index in [-0.39, 0.29) is 5.91 Å². The van der Waals surface area contributed by atoms with Gasteiger partial charge in [-0.1, -0.05) is 30.3 Å². The summed E-state index contributed by atoms with van der Waals surface area (Å²) < 4.78 is 8.39. The number of amides is 1. The molecular formula is C25H27N5O3. The molecule has 0 aliphatic heterocycles. The van der Waals surface area contributed by atoms with Crippen molar-refractivity contribution in [2.45, 2.75) is 40.3 Å². The predicted octanol–water partition coefficient (Wildman–Crippen LogP) is 3.48. The molecule has 1 amide bonds. The molecule has 0 saturated heterocycles. The van der Waals surface area contributed by atoms with Gasteiger partial charge in [-0.25, -0.2) is 9.36 Å². The summed E-state index contributed by atoms with van der Waals surface area (Å²) in [7, 11) is 0. The lowest BCUT2D eigenvalue weighted by atomic mass is 10.2. The van der Waals surface area contributed by atoms with Gasteiger partial charge in [0.1, 0.15) is 11.8 Å². The van der Waals surface area contributed by atoms with Crippen LogP contribution in [-0.2, 0) is 11.3 Å². The number of rotatable bonds is 7. The fourth-order valence-corrected chi connectivity index (χ4v) is 3.85. The number of ether oxygens (including phenoxy) is 1. The van der Waals surface area contributed by atoms with E-state index in [1.807, 2.05) is 75.4 Å². The number of nitrogens with one attached hydrogen (secondary N) is 1. The van der Waals surface area contributed by atoms with Gasteiger partial charge >= 0.3 is 0 Å². The minimum atomic E-state index is -0.787. The monoisotopic (exact) mass is 445 g/mol. The zero-order chi connectivity index (χ0) is 23.5. The highest BCUT2D eigenvalue weighted by atomic mass is 16.5. The van der Waals surface area contributed by atoms with Crippen molar-refractivity contribution in [2.75, 3.05) is 6.61 Å². The van der Waals surface area contributed by atoms with E-state index in [0.717, 1.165) is 22.7 Å². The van der Waals surface area contributed by atoms with E-state index in [2.05, 4.69) is 15.5 Å². The Balaban J connectivity index is 1.59. The van der Waals surface area contributed by atoms with Crippen LogP contribution < -0.4 is 15.6 Å². The molecule has 0 unspecified atom stereocenters. The Labute approximate surface area is 191 Å². The number of para-hydroxylation sites is 1. The third-order valence-corrected chi connectivity index (χ3v) is 5.59. The fraction of sp³-hybridized carbons (Fsp3) is 0.280. The molecule has 0 aliphatic carbocycles. The number of carbonyl (C=O) groups is 1. The number of fused-ring (bicyclic) bond motifs is 1. The van der Waals surface area contributed by atoms with Gasteiger partial charge in [-0.05, 0) is 57.5 Å². The van der Waals surface area contributed by atoms with Crippen LogP contribution in [0, 0.1) is 13.8 Å². The standard InChI is InChI=1S/C25H27N5O3/c1-5-33-21-13-11-19(12-14-21)15-26-24(31)18(4)30-25(32)23-22(16(2)27-30)17(3)29(28-23)20-9-7-6-8-10-20/h6-14,18H,5,15H2,1-4H3,(H,26,31)/t18-/m0/s1. The Hall–Kier alpha value is -3.94. The molecule has 0 aliphatic rings. The summed E-state index contributed by atoms with van der Waals surface area (Å²) in [4.78, 5) is 26.0. The molecule has 0 spiro atoms. The average molecular weight is 446 g/mol. The predicted molar refractivity (Wildman–Crippen MR) is 127 cm³/mol. The maximum absolute atomic E-state index is 13.2. The Bertz CT molecular complexity index is 1340. The number of carbonyl (C=O) groups excluding carboxylic acids is 1. The van der Waals surface area contributed by atoms with Crippen molar-refractivity contribution >= 4 is 16.8 Å². The molecule has 0 saturated carbocycles. The third-order valence-electron chi connectivity index (χ3n) is 5.59. The number of benzene rings is 2. The van der Waals surface area contributed by atoms with Crippen molar-refractivity contribution < 1.29 is 9.53 Å². The molecule has 2 aromatic heterocycles. The summed E-state index contributed by atoms with van der Waals surface area (Å²) >= 11 is 0. The van der Waals surface area contributed by atoms with Gasteiger partial charge in [0.25, 0.3) is 5.56 Å². The number of aryl methyl sites for hydroxylation is 2. The van der Waals surface area contributed by atoms with E-state index >= 15 is 0 Å². The normalized spacial score (nSPS) is 12.0. The first-order valence-corrected chi connectivity index (χ1v) is 10.9. The number of hydrogen-bond donors (Lipinski definition) is 1. The van der Waals surface area contributed by atoms with E-state index in [0.29, 0.717) is 29.7 Å². The van der Waals surface area contributed by atoms with Crippen LogP contribution in [0.3, 0.4) is 0 Å². The summed E-state index contributed by atoms with van der Waals surface area (Å²) in [5.41, 5.74) is 3.18. The second kappa shape index (κ2) is 9.28. The minimum absolute atomic E-state index is 0.295. The van der Waals surface area contributed by atoms with E-state index in [1.54, 1.807) is 11.6 Å². The summed E-state index contributed by atoms with van der Waals surface area (Å²) in [6.07, 6.45) is 0. The molecule has 2 heterocycles. The van der Waals surface area contributed by atoms with Crippen LogP contribution in [0.2, 0.25) is 0 Å². The van der Waals surface area contributed by atoms with Crippen LogP contribution in [0.5, 0.6) is 5.75 Å².